The standard InChI is InChI=1S/C23H25N3O/c1-3-23(27)25-21-14-15-22(24-18(21)2)26(16-19-10-6-4-7-11-19)17-20-12-8-5-9-13-20/h4-15H,3,16-17H2,1-2H3,(H,25,27). The summed E-state index contributed by atoms with van der Waals surface area (Å²) in [6.07, 6.45) is 0.454. The Balaban J connectivity index is 1.87. The maximum atomic E-state index is 11.7. The van der Waals surface area contributed by atoms with E-state index in [4.69, 9.17) is 4.98 Å². The van der Waals surface area contributed by atoms with Crippen molar-refractivity contribution in [3.05, 3.63) is 89.6 Å². The van der Waals surface area contributed by atoms with Crippen molar-refractivity contribution in [3.8, 4) is 0 Å². The molecule has 4 heteroatoms. The van der Waals surface area contributed by atoms with E-state index in [1.807, 2.05) is 38.1 Å². The molecule has 0 spiro atoms. The van der Waals surface area contributed by atoms with Crippen LogP contribution < -0.4 is 10.2 Å². The Bertz CT molecular complexity index is 837. The summed E-state index contributed by atoms with van der Waals surface area (Å²) in [5, 5.41) is 2.91. The molecule has 4 nitrogen and oxygen atoms in total. The summed E-state index contributed by atoms with van der Waals surface area (Å²) in [4.78, 5) is 18.7. The van der Waals surface area contributed by atoms with E-state index in [1.165, 1.54) is 11.1 Å². The van der Waals surface area contributed by atoms with Crippen LogP contribution in [0.5, 0.6) is 0 Å². The van der Waals surface area contributed by atoms with Crippen molar-refractivity contribution in [1.82, 2.24) is 4.98 Å². The van der Waals surface area contributed by atoms with Gasteiger partial charge in [-0.2, -0.15) is 0 Å². The summed E-state index contributed by atoms with van der Waals surface area (Å²) in [5.74, 6) is 0.896. The summed E-state index contributed by atoms with van der Waals surface area (Å²) >= 11 is 0. The zero-order chi connectivity index (χ0) is 19.1. The normalized spacial score (nSPS) is 10.4. The largest absolute Gasteiger partial charge is 0.348 e. The Kier molecular flexibility index (Phi) is 6.21. The van der Waals surface area contributed by atoms with Crippen LogP contribution in [0.3, 0.4) is 0 Å². The van der Waals surface area contributed by atoms with Gasteiger partial charge in [-0.1, -0.05) is 67.6 Å². The molecule has 1 amide bonds. The molecule has 3 rings (SSSR count). The molecular weight excluding hydrogens is 334 g/mol. The van der Waals surface area contributed by atoms with E-state index in [-0.39, 0.29) is 5.91 Å². The molecule has 0 aliphatic carbocycles. The molecule has 0 aliphatic rings. The highest BCUT2D eigenvalue weighted by Crippen LogP contribution is 2.22. The van der Waals surface area contributed by atoms with Crippen LogP contribution >= 0.6 is 0 Å². The molecule has 1 N–H and O–H groups in total. The lowest BCUT2D eigenvalue weighted by molar-refractivity contribution is -0.115. The molecule has 0 fully saturated rings. The van der Waals surface area contributed by atoms with Crippen LogP contribution in [0.1, 0.15) is 30.2 Å². The van der Waals surface area contributed by atoms with Gasteiger partial charge in [0, 0.05) is 19.5 Å². The summed E-state index contributed by atoms with van der Waals surface area (Å²) in [6, 6.07) is 24.7. The molecule has 0 bridgehead atoms. The number of aromatic nitrogens is 1. The second-order valence-corrected chi connectivity index (χ2v) is 6.53. The van der Waals surface area contributed by atoms with Gasteiger partial charge in [0.05, 0.1) is 11.4 Å². The van der Waals surface area contributed by atoms with Crippen molar-refractivity contribution >= 4 is 17.4 Å². The molecule has 1 heterocycles. The molecule has 0 aliphatic heterocycles. The van der Waals surface area contributed by atoms with Crippen LogP contribution in [-0.4, -0.2) is 10.9 Å². The van der Waals surface area contributed by atoms with E-state index < -0.39 is 0 Å². The third kappa shape index (κ3) is 5.17. The van der Waals surface area contributed by atoms with E-state index in [0.29, 0.717) is 6.42 Å². The highest BCUT2D eigenvalue weighted by atomic mass is 16.1. The van der Waals surface area contributed by atoms with Gasteiger partial charge in [-0.15, -0.1) is 0 Å². The van der Waals surface area contributed by atoms with Gasteiger partial charge >= 0.3 is 0 Å². The summed E-state index contributed by atoms with van der Waals surface area (Å²) in [6.45, 7) is 5.30. The minimum atomic E-state index is -0.00178. The number of carbonyl (C=O) groups is 1. The predicted octanol–water partition coefficient (Wildman–Crippen LogP) is 4.95. The first kappa shape index (κ1) is 18.6. The lowest BCUT2D eigenvalue weighted by Crippen LogP contribution is -2.23. The monoisotopic (exact) mass is 359 g/mol. The molecule has 3 aromatic rings. The van der Waals surface area contributed by atoms with Crippen LogP contribution in [-0.2, 0) is 17.9 Å². The summed E-state index contributed by atoms with van der Waals surface area (Å²) in [7, 11) is 0. The molecule has 1 aromatic heterocycles. The van der Waals surface area contributed by atoms with Gasteiger partial charge in [-0.3, -0.25) is 4.79 Å². The van der Waals surface area contributed by atoms with E-state index in [9.17, 15) is 4.79 Å². The van der Waals surface area contributed by atoms with Crippen molar-refractivity contribution in [3.63, 3.8) is 0 Å². The number of nitrogens with zero attached hydrogens (tertiary/aromatic N) is 2. The molecule has 138 valence electrons. The maximum Gasteiger partial charge on any atom is 0.224 e. The number of carbonyl (C=O) groups excluding carboxylic acids is 1. The Morgan fingerprint density at radius 2 is 1.44 bits per heavy atom. The van der Waals surface area contributed by atoms with Crippen LogP contribution in [0.25, 0.3) is 0 Å². The fraction of sp³-hybridized carbons (Fsp3) is 0.217. The number of amides is 1. The van der Waals surface area contributed by atoms with E-state index in [1.54, 1.807) is 0 Å². The Morgan fingerprint density at radius 3 is 1.93 bits per heavy atom. The molecule has 0 saturated carbocycles. The number of nitrogens with one attached hydrogen (secondary N) is 1. The van der Waals surface area contributed by atoms with E-state index in [0.717, 1.165) is 30.3 Å². The van der Waals surface area contributed by atoms with Gasteiger partial charge in [0.2, 0.25) is 5.91 Å². The van der Waals surface area contributed by atoms with Gasteiger partial charge < -0.3 is 10.2 Å². The zero-order valence-corrected chi connectivity index (χ0v) is 15.9. The average molecular weight is 359 g/mol. The summed E-state index contributed by atoms with van der Waals surface area (Å²) < 4.78 is 0. The van der Waals surface area contributed by atoms with Crippen molar-refractivity contribution in [2.75, 3.05) is 10.2 Å². The number of benzene rings is 2. The first-order valence-electron chi connectivity index (χ1n) is 9.26. The number of pyridine rings is 1. The smallest absolute Gasteiger partial charge is 0.224 e. The maximum absolute atomic E-state index is 11.7. The second-order valence-electron chi connectivity index (χ2n) is 6.53. The molecule has 0 atom stereocenters. The number of anilines is 2. The van der Waals surface area contributed by atoms with E-state index >= 15 is 0 Å². The minimum Gasteiger partial charge on any atom is -0.348 e. The van der Waals surface area contributed by atoms with Gasteiger partial charge in [0.25, 0.3) is 0 Å². The Morgan fingerprint density at radius 1 is 0.889 bits per heavy atom. The van der Waals surface area contributed by atoms with Crippen molar-refractivity contribution in [2.24, 2.45) is 0 Å². The lowest BCUT2D eigenvalue weighted by Gasteiger charge is -2.25. The van der Waals surface area contributed by atoms with Crippen LogP contribution in [0.4, 0.5) is 11.5 Å². The van der Waals surface area contributed by atoms with Gasteiger partial charge in [-0.25, -0.2) is 4.98 Å². The quantitative estimate of drug-likeness (QED) is 0.649. The second kappa shape index (κ2) is 8.99. The summed E-state index contributed by atoms with van der Waals surface area (Å²) in [5.41, 5.74) is 4.05. The number of rotatable bonds is 7. The first-order chi connectivity index (χ1) is 13.2. The molecule has 2 aromatic carbocycles. The number of aryl methyl sites for hydroxylation is 1. The molecule has 0 radical (unpaired) electrons. The van der Waals surface area contributed by atoms with Crippen molar-refractivity contribution in [2.45, 2.75) is 33.4 Å². The first-order valence-corrected chi connectivity index (χ1v) is 9.26. The SMILES string of the molecule is CCC(=O)Nc1ccc(N(Cc2ccccc2)Cc2ccccc2)nc1C. The Labute approximate surface area is 160 Å². The topological polar surface area (TPSA) is 45.2 Å². The fourth-order valence-corrected chi connectivity index (χ4v) is 2.92. The number of hydrogen-bond donors (Lipinski definition) is 1. The Hall–Kier alpha value is -3.14. The van der Waals surface area contributed by atoms with Crippen LogP contribution in [0, 0.1) is 6.92 Å². The number of hydrogen-bond acceptors (Lipinski definition) is 3. The highest BCUT2D eigenvalue weighted by molar-refractivity contribution is 5.91. The van der Waals surface area contributed by atoms with E-state index in [2.05, 4.69) is 58.7 Å². The molecule has 0 saturated heterocycles. The lowest BCUT2D eigenvalue weighted by atomic mass is 10.1. The third-order valence-electron chi connectivity index (χ3n) is 4.42. The van der Waals surface area contributed by atoms with Crippen molar-refractivity contribution in [1.29, 1.82) is 0 Å². The zero-order valence-electron chi connectivity index (χ0n) is 15.9. The molecule has 0 unspecified atom stereocenters. The van der Waals surface area contributed by atoms with Crippen LogP contribution in [0.15, 0.2) is 72.8 Å². The fourth-order valence-electron chi connectivity index (χ4n) is 2.92. The third-order valence-corrected chi connectivity index (χ3v) is 4.42. The van der Waals surface area contributed by atoms with Crippen molar-refractivity contribution < 1.29 is 4.79 Å². The minimum absolute atomic E-state index is 0.00178. The molecule has 27 heavy (non-hydrogen) atoms. The molecular formula is C23H25N3O. The van der Waals surface area contributed by atoms with Crippen LogP contribution in [0.2, 0.25) is 0 Å². The van der Waals surface area contributed by atoms with Gasteiger partial charge in [0.1, 0.15) is 5.82 Å². The van der Waals surface area contributed by atoms with Gasteiger partial charge in [-0.05, 0) is 30.2 Å². The van der Waals surface area contributed by atoms with Gasteiger partial charge in [0.15, 0.2) is 0 Å². The highest BCUT2D eigenvalue weighted by Gasteiger charge is 2.12. The predicted molar refractivity (Wildman–Crippen MR) is 111 cm³/mol. The average Bonchev–Trinajstić information content (AvgIpc) is 2.70.